The van der Waals surface area contributed by atoms with Crippen molar-refractivity contribution in [2.24, 2.45) is 4.99 Å². The third-order valence-corrected chi connectivity index (χ3v) is 3.67. The van der Waals surface area contributed by atoms with Gasteiger partial charge in [0.05, 0.1) is 12.1 Å². The first-order chi connectivity index (χ1) is 12.6. The molecule has 0 bridgehead atoms. The normalized spacial score (nSPS) is 12.7. The van der Waals surface area contributed by atoms with Gasteiger partial charge < -0.3 is 25.1 Å². The smallest absolute Gasteiger partial charge is 0.408 e. The summed E-state index contributed by atoms with van der Waals surface area (Å²) in [4.78, 5) is 16.2. The third-order valence-electron chi connectivity index (χ3n) is 3.67. The fraction of sp³-hybridized carbons (Fsp3) is 0.500. The number of alkyl carbamates (subject to hydrolysis) is 1. The Labute approximate surface area is 160 Å². The number of furan rings is 1. The first-order valence-electron chi connectivity index (χ1n) is 9.01. The van der Waals surface area contributed by atoms with Crippen LogP contribution in [0.5, 0.6) is 0 Å². The van der Waals surface area contributed by atoms with E-state index in [2.05, 4.69) is 20.9 Å². The van der Waals surface area contributed by atoms with Gasteiger partial charge in [-0.1, -0.05) is 18.2 Å². The van der Waals surface area contributed by atoms with Gasteiger partial charge in [-0.2, -0.15) is 0 Å². The summed E-state index contributed by atoms with van der Waals surface area (Å²) in [5.41, 5.74) is -0.184. The molecule has 27 heavy (non-hydrogen) atoms. The molecule has 2 aromatic rings. The lowest BCUT2D eigenvalue weighted by Gasteiger charge is -2.29. The van der Waals surface area contributed by atoms with Crippen LogP contribution in [0.3, 0.4) is 0 Å². The Morgan fingerprint density at radius 2 is 1.85 bits per heavy atom. The van der Waals surface area contributed by atoms with Crippen molar-refractivity contribution < 1.29 is 13.9 Å². The van der Waals surface area contributed by atoms with Crippen LogP contribution in [0.25, 0.3) is 11.0 Å². The molecule has 0 unspecified atom stereocenters. The third kappa shape index (κ3) is 6.84. The number of carbonyl (C=O) groups is 1. The van der Waals surface area contributed by atoms with E-state index in [9.17, 15) is 4.79 Å². The summed E-state index contributed by atoms with van der Waals surface area (Å²) in [5, 5.41) is 10.3. The topological polar surface area (TPSA) is 87.9 Å². The molecule has 1 aromatic carbocycles. The van der Waals surface area contributed by atoms with Crippen molar-refractivity contribution in [3.63, 3.8) is 0 Å². The van der Waals surface area contributed by atoms with Gasteiger partial charge in [0.2, 0.25) is 0 Å². The molecule has 0 atom stereocenters. The zero-order valence-electron chi connectivity index (χ0n) is 17.0. The molecule has 0 fully saturated rings. The molecule has 0 spiro atoms. The van der Waals surface area contributed by atoms with Gasteiger partial charge in [-0.3, -0.25) is 4.99 Å². The van der Waals surface area contributed by atoms with E-state index in [0.717, 1.165) is 16.7 Å². The van der Waals surface area contributed by atoms with Gasteiger partial charge in [0.15, 0.2) is 5.96 Å². The summed E-state index contributed by atoms with van der Waals surface area (Å²) in [6.45, 7) is 10.3. The number of para-hydroxylation sites is 1. The molecule has 0 radical (unpaired) electrons. The van der Waals surface area contributed by atoms with Crippen LogP contribution >= 0.6 is 0 Å². The Kier molecular flexibility index (Phi) is 6.36. The first-order valence-corrected chi connectivity index (χ1v) is 9.01. The molecule has 1 heterocycles. The molecule has 0 aliphatic heterocycles. The minimum Gasteiger partial charge on any atom is -0.459 e. The highest BCUT2D eigenvalue weighted by Crippen LogP contribution is 2.18. The molecule has 0 saturated carbocycles. The van der Waals surface area contributed by atoms with E-state index in [1.165, 1.54) is 0 Å². The standard InChI is InChI=1S/C20H30N4O3/c1-19(2,3)27-18(25)24-20(4,5)13-23-17(21-6)22-12-15-11-14-9-7-8-10-16(14)26-15/h7-11H,12-13H2,1-6H3,(H,24,25)(H2,21,22,23). The molecule has 0 aliphatic rings. The molecule has 148 valence electrons. The number of ether oxygens (including phenoxy) is 1. The molecule has 7 heteroatoms. The van der Waals surface area contributed by atoms with Crippen LogP contribution in [-0.4, -0.2) is 36.8 Å². The minimum atomic E-state index is -0.530. The van der Waals surface area contributed by atoms with Crippen molar-refractivity contribution in [2.45, 2.75) is 52.3 Å². The summed E-state index contributed by atoms with van der Waals surface area (Å²) in [6.07, 6.45) is -0.445. The molecule has 3 N–H and O–H groups in total. The Morgan fingerprint density at radius 1 is 1.15 bits per heavy atom. The summed E-state index contributed by atoms with van der Waals surface area (Å²) in [6, 6.07) is 9.89. The van der Waals surface area contributed by atoms with E-state index in [0.29, 0.717) is 19.0 Å². The van der Waals surface area contributed by atoms with Crippen LogP contribution in [0, 0.1) is 0 Å². The highest BCUT2D eigenvalue weighted by molar-refractivity contribution is 5.80. The van der Waals surface area contributed by atoms with Crippen molar-refractivity contribution in [1.82, 2.24) is 16.0 Å². The van der Waals surface area contributed by atoms with E-state index in [1.54, 1.807) is 7.05 Å². The van der Waals surface area contributed by atoms with E-state index >= 15 is 0 Å². The molecule has 1 aromatic heterocycles. The highest BCUT2D eigenvalue weighted by atomic mass is 16.6. The van der Waals surface area contributed by atoms with Gasteiger partial charge in [-0.15, -0.1) is 0 Å². The number of nitrogens with zero attached hydrogens (tertiary/aromatic N) is 1. The van der Waals surface area contributed by atoms with Gasteiger partial charge in [0.25, 0.3) is 0 Å². The summed E-state index contributed by atoms with van der Waals surface area (Å²) in [7, 11) is 1.70. The van der Waals surface area contributed by atoms with Crippen LogP contribution < -0.4 is 16.0 Å². The lowest BCUT2D eigenvalue weighted by atomic mass is 10.1. The molecule has 0 saturated heterocycles. The zero-order valence-corrected chi connectivity index (χ0v) is 17.0. The Morgan fingerprint density at radius 3 is 2.48 bits per heavy atom. The second-order valence-electron chi connectivity index (χ2n) is 8.04. The molecule has 1 amide bonds. The Balaban J connectivity index is 1.84. The number of carbonyl (C=O) groups excluding carboxylic acids is 1. The average molecular weight is 374 g/mol. The van der Waals surface area contributed by atoms with E-state index < -0.39 is 17.2 Å². The number of rotatable bonds is 5. The Hall–Kier alpha value is -2.70. The predicted molar refractivity (Wildman–Crippen MR) is 108 cm³/mol. The van der Waals surface area contributed by atoms with Crippen LogP contribution in [0.15, 0.2) is 39.7 Å². The summed E-state index contributed by atoms with van der Waals surface area (Å²) in [5.74, 6) is 1.44. The molecular formula is C20H30N4O3. The Bertz CT molecular complexity index is 770. The first kappa shape index (κ1) is 20.6. The number of nitrogens with one attached hydrogen (secondary N) is 3. The number of aliphatic imine (C=N–C) groups is 1. The fourth-order valence-electron chi connectivity index (χ4n) is 2.44. The van der Waals surface area contributed by atoms with Crippen molar-refractivity contribution in [3.05, 3.63) is 36.1 Å². The van der Waals surface area contributed by atoms with Crippen molar-refractivity contribution in [2.75, 3.05) is 13.6 Å². The van der Waals surface area contributed by atoms with Crippen LogP contribution in [-0.2, 0) is 11.3 Å². The lowest BCUT2D eigenvalue weighted by Crippen LogP contribution is -2.54. The maximum absolute atomic E-state index is 12.0. The van der Waals surface area contributed by atoms with Crippen LogP contribution in [0.1, 0.15) is 40.4 Å². The van der Waals surface area contributed by atoms with Gasteiger partial charge >= 0.3 is 6.09 Å². The number of guanidine groups is 1. The van der Waals surface area contributed by atoms with Crippen molar-refractivity contribution in [3.8, 4) is 0 Å². The van der Waals surface area contributed by atoms with Crippen molar-refractivity contribution in [1.29, 1.82) is 0 Å². The number of amides is 1. The molecule has 0 aliphatic carbocycles. The fourth-order valence-corrected chi connectivity index (χ4v) is 2.44. The van der Waals surface area contributed by atoms with Gasteiger partial charge in [0, 0.05) is 19.0 Å². The van der Waals surface area contributed by atoms with Crippen molar-refractivity contribution >= 4 is 23.0 Å². The zero-order chi connectivity index (χ0) is 20.1. The quantitative estimate of drug-likeness (QED) is 0.551. The molecular weight excluding hydrogens is 344 g/mol. The SMILES string of the molecule is CN=C(NCc1cc2ccccc2o1)NCC(C)(C)NC(=O)OC(C)(C)C. The lowest BCUT2D eigenvalue weighted by molar-refractivity contribution is 0.0474. The average Bonchev–Trinajstić information content (AvgIpc) is 2.95. The monoisotopic (exact) mass is 374 g/mol. The number of benzene rings is 1. The molecule has 7 nitrogen and oxygen atoms in total. The summed E-state index contributed by atoms with van der Waals surface area (Å²) < 4.78 is 11.1. The number of hydrogen-bond acceptors (Lipinski definition) is 4. The van der Waals surface area contributed by atoms with Gasteiger partial charge in [-0.05, 0) is 46.8 Å². The maximum Gasteiger partial charge on any atom is 0.408 e. The second-order valence-corrected chi connectivity index (χ2v) is 8.04. The number of fused-ring (bicyclic) bond motifs is 1. The highest BCUT2D eigenvalue weighted by Gasteiger charge is 2.24. The largest absolute Gasteiger partial charge is 0.459 e. The minimum absolute atomic E-state index is 0.445. The van der Waals surface area contributed by atoms with Crippen LogP contribution in [0.4, 0.5) is 4.79 Å². The number of hydrogen-bond donors (Lipinski definition) is 3. The van der Waals surface area contributed by atoms with E-state index in [-0.39, 0.29) is 0 Å². The van der Waals surface area contributed by atoms with Crippen LogP contribution in [0.2, 0.25) is 0 Å². The van der Waals surface area contributed by atoms with E-state index in [1.807, 2.05) is 65.0 Å². The second kappa shape index (κ2) is 8.33. The summed E-state index contributed by atoms with van der Waals surface area (Å²) >= 11 is 0. The maximum atomic E-state index is 12.0. The van der Waals surface area contributed by atoms with E-state index in [4.69, 9.17) is 9.15 Å². The van der Waals surface area contributed by atoms with Gasteiger partial charge in [0.1, 0.15) is 16.9 Å². The molecule has 2 rings (SSSR count). The predicted octanol–water partition coefficient (Wildman–Crippen LogP) is 3.40. The van der Waals surface area contributed by atoms with Gasteiger partial charge in [-0.25, -0.2) is 4.79 Å².